The molecule has 6 nitrogen and oxygen atoms in total. The molecule has 0 saturated heterocycles. The zero-order valence-electron chi connectivity index (χ0n) is 12.0. The first kappa shape index (κ1) is 16.9. The molecule has 1 unspecified atom stereocenters. The number of carboxylic acid groups (broad SMARTS) is 1. The third kappa shape index (κ3) is 5.39. The van der Waals surface area contributed by atoms with Gasteiger partial charge in [0.05, 0.1) is 23.9 Å². The Labute approximate surface area is 122 Å². The fourth-order valence-corrected chi connectivity index (χ4v) is 1.84. The minimum absolute atomic E-state index is 0.0786. The molecule has 1 atom stereocenters. The topological polar surface area (TPSA) is 87.7 Å². The minimum atomic E-state index is -1.23. The first-order chi connectivity index (χ1) is 9.97. The Kier molecular flexibility index (Phi) is 6.61. The van der Waals surface area contributed by atoms with Crippen molar-refractivity contribution in [2.75, 3.05) is 19.0 Å². The van der Waals surface area contributed by atoms with Crippen LogP contribution in [0.5, 0.6) is 0 Å². The number of aromatic carboxylic acids is 1. The second-order valence-corrected chi connectivity index (χ2v) is 4.54. The Morgan fingerprint density at radius 3 is 2.67 bits per heavy atom. The molecule has 0 aromatic heterocycles. The third-order valence-electron chi connectivity index (χ3n) is 2.80. The van der Waals surface area contributed by atoms with Crippen LogP contribution in [-0.2, 0) is 4.74 Å². The number of carboxylic acids is 1. The van der Waals surface area contributed by atoms with Gasteiger partial charge in [0.25, 0.3) is 0 Å². The van der Waals surface area contributed by atoms with E-state index in [0.29, 0.717) is 6.61 Å². The lowest BCUT2D eigenvalue weighted by atomic mass is 10.2. The molecule has 7 heteroatoms. The maximum Gasteiger partial charge on any atom is 0.335 e. The first-order valence-electron chi connectivity index (χ1n) is 6.57. The van der Waals surface area contributed by atoms with E-state index in [2.05, 4.69) is 10.6 Å². The van der Waals surface area contributed by atoms with E-state index in [-0.39, 0.29) is 17.3 Å². The highest BCUT2D eigenvalue weighted by Crippen LogP contribution is 2.15. The van der Waals surface area contributed by atoms with Crippen molar-refractivity contribution in [3.63, 3.8) is 0 Å². The summed E-state index contributed by atoms with van der Waals surface area (Å²) in [6.07, 6.45) is 1.61. The average molecular weight is 298 g/mol. The van der Waals surface area contributed by atoms with Gasteiger partial charge in [-0.3, -0.25) is 0 Å². The van der Waals surface area contributed by atoms with E-state index in [1.54, 1.807) is 0 Å². The molecule has 1 rings (SSSR count). The number of rotatable bonds is 7. The number of carbonyl (C=O) groups excluding carboxylic acids is 1. The first-order valence-corrected chi connectivity index (χ1v) is 6.57. The zero-order chi connectivity index (χ0) is 15.8. The van der Waals surface area contributed by atoms with Gasteiger partial charge in [0, 0.05) is 7.11 Å². The van der Waals surface area contributed by atoms with Crippen molar-refractivity contribution >= 4 is 17.7 Å². The Bertz CT molecular complexity index is 502. The Morgan fingerprint density at radius 2 is 2.14 bits per heavy atom. The van der Waals surface area contributed by atoms with Crippen LogP contribution in [0, 0.1) is 5.82 Å². The number of benzene rings is 1. The predicted octanol–water partition coefficient (Wildman–Crippen LogP) is 2.46. The van der Waals surface area contributed by atoms with Gasteiger partial charge in [-0.05, 0) is 24.6 Å². The molecule has 0 aliphatic carbocycles. The van der Waals surface area contributed by atoms with Crippen LogP contribution in [0.3, 0.4) is 0 Å². The number of halogens is 1. The summed E-state index contributed by atoms with van der Waals surface area (Å²) in [7, 11) is 1.53. The smallest absolute Gasteiger partial charge is 0.335 e. The summed E-state index contributed by atoms with van der Waals surface area (Å²) < 4.78 is 18.7. The highest BCUT2D eigenvalue weighted by Gasteiger charge is 2.14. The predicted molar refractivity (Wildman–Crippen MR) is 76.1 cm³/mol. The van der Waals surface area contributed by atoms with E-state index in [1.807, 2.05) is 6.92 Å². The molecular formula is C14H19FN2O4. The van der Waals surface area contributed by atoms with E-state index in [4.69, 9.17) is 9.84 Å². The summed E-state index contributed by atoms with van der Waals surface area (Å²) in [6.45, 7) is 2.34. The quantitative estimate of drug-likeness (QED) is 0.721. The molecule has 0 spiro atoms. The van der Waals surface area contributed by atoms with Crippen LogP contribution in [0.4, 0.5) is 14.9 Å². The molecule has 2 amide bonds. The van der Waals surface area contributed by atoms with Crippen molar-refractivity contribution in [2.45, 2.75) is 25.8 Å². The Balaban J connectivity index is 2.67. The van der Waals surface area contributed by atoms with Crippen LogP contribution in [0.25, 0.3) is 0 Å². The van der Waals surface area contributed by atoms with Gasteiger partial charge >= 0.3 is 12.0 Å². The van der Waals surface area contributed by atoms with Gasteiger partial charge < -0.3 is 20.5 Å². The number of carbonyl (C=O) groups is 2. The molecule has 0 aliphatic rings. The molecular weight excluding hydrogens is 279 g/mol. The van der Waals surface area contributed by atoms with Gasteiger partial charge in [0.15, 0.2) is 0 Å². The molecule has 3 N–H and O–H groups in total. The molecule has 0 heterocycles. The highest BCUT2D eigenvalue weighted by atomic mass is 19.1. The number of nitrogens with one attached hydrogen (secondary N) is 2. The van der Waals surface area contributed by atoms with Crippen molar-refractivity contribution in [1.82, 2.24) is 5.32 Å². The highest BCUT2D eigenvalue weighted by molar-refractivity contribution is 5.91. The fourth-order valence-electron chi connectivity index (χ4n) is 1.84. The second-order valence-electron chi connectivity index (χ2n) is 4.54. The van der Waals surface area contributed by atoms with Gasteiger partial charge in [-0.1, -0.05) is 13.3 Å². The average Bonchev–Trinajstić information content (AvgIpc) is 2.41. The van der Waals surface area contributed by atoms with Crippen LogP contribution < -0.4 is 10.6 Å². The number of ether oxygens (including phenoxy) is 1. The molecule has 116 valence electrons. The van der Waals surface area contributed by atoms with Crippen LogP contribution in [0.15, 0.2) is 18.2 Å². The zero-order valence-corrected chi connectivity index (χ0v) is 12.0. The summed E-state index contributed by atoms with van der Waals surface area (Å²) in [5, 5.41) is 13.8. The van der Waals surface area contributed by atoms with Crippen molar-refractivity contribution < 1.29 is 23.8 Å². The van der Waals surface area contributed by atoms with E-state index >= 15 is 0 Å². The van der Waals surface area contributed by atoms with E-state index in [1.165, 1.54) is 19.2 Å². The Hall–Kier alpha value is -2.15. The van der Waals surface area contributed by atoms with Crippen LogP contribution in [0.2, 0.25) is 0 Å². The second kappa shape index (κ2) is 8.21. The summed E-state index contributed by atoms with van der Waals surface area (Å²) in [4.78, 5) is 22.5. The number of amides is 2. The Morgan fingerprint density at radius 1 is 1.43 bits per heavy atom. The normalized spacial score (nSPS) is 11.8. The number of anilines is 1. The summed E-state index contributed by atoms with van der Waals surface area (Å²) in [6, 6.07) is 2.56. The molecule has 0 fully saturated rings. The number of hydrogen-bond acceptors (Lipinski definition) is 3. The van der Waals surface area contributed by atoms with E-state index < -0.39 is 17.8 Å². The number of methoxy groups -OCH3 is 1. The molecule has 0 bridgehead atoms. The number of urea groups is 1. The van der Waals surface area contributed by atoms with Gasteiger partial charge in [-0.25, -0.2) is 14.0 Å². The van der Waals surface area contributed by atoms with Crippen LogP contribution in [-0.4, -0.2) is 36.9 Å². The van der Waals surface area contributed by atoms with Gasteiger partial charge in [-0.2, -0.15) is 0 Å². The molecule has 1 aromatic carbocycles. The third-order valence-corrected chi connectivity index (χ3v) is 2.80. The summed E-state index contributed by atoms with van der Waals surface area (Å²) in [5.41, 5.74) is -0.258. The lowest BCUT2D eigenvalue weighted by Gasteiger charge is -2.17. The van der Waals surface area contributed by atoms with E-state index in [9.17, 15) is 14.0 Å². The molecule has 21 heavy (non-hydrogen) atoms. The summed E-state index contributed by atoms with van der Waals surface area (Å²) >= 11 is 0. The standard InChI is InChI=1S/C14H19FN2O4/c1-3-4-10(8-21-2)16-14(20)17-12-6-5-9(13(18)19)7-11(12)15/h5-7,10H,3-4,8H2,1-2H3,(H,18,19)(H2,16,17,20). The minimum Gasteiger partial charge on any atom is -0.478 e. The fraction of sp³-hybridized carbons (Fsp3) is 0.429. The lowest BCUT2D eigenvalue weighted by Crippen LogP contribution is -2.40. The maximum atomic E-state index is 13.7. The molecule has 0 saturated carbocycles. The van der Waals surface area contributed by atoms with Crippen LogP contribution in [0.1, 0.15) is 30.1 Å². The SMILES string of the molecule is CCCC(COC)NC(=O)Nc1ccc(C(=O)O)cc1F. The van der Waals surface area contributed by atoms with Crippen molar-refractivity contribution in [1.29, 1.82) is 0 Å². The van der Waals surface area contributed by atoms with Crippen molar-refractivity contribution in [2.24, 2.45) is 0 Å². The van der Waals surface area contributed by atoms with Crippen LogP contribution >= 0.6 is 0 Å². The van der Waals surface area contributed by atoms with Crippen molar-refractivity contribution in [3.05, 3.63) is 29.6 Å². The molecule has 0 radical (unpaired) electrons. The largest absolute Gasteiger partial charge is 0.478 e. The molecule has 0 aliphatic heterocycles. The molecule has 1 aromatic rings. The lowest BCUT2D eigenvalue weighted by molar-refractivity contribution is 0.0696. The monoisotopic (exact) mass is 298 g/mol. The number of hydrogen-bond donors (Lipinski definition) is 3. The van der Waals surface area contributed by atoms with Gasteiger partial charge in [0.2, 0.25) is 0 Å². The van der Waals surface area contributed by atoms with Crippen molar-refractivity contribution in [3.8, 4) is 0 Å². The van der Waals surface area contributed by atoms with E-state index in [0.717, 1.165) is 18.9 Å². The maximum absolute atomic E-state index is 13.7. The van der Waals surface area contributed by atoms with Gasteiger partial charge in [0.1, 0.15) is 5.82 Å². The van der Waals surface area contributed by atoms with Gasteiger partial charge in [-0.15, -0.1) is 0 Å². The summed E-state index contributed by atoms with van der Waals surface area (Å²) in [5.74, 6) is -2.03.